The predicted octanol–water partition coefficient (Wildman–Crippen LogP) is 13.6. The van der Waals surface area contributed by atoms with Crippen LogP contribution in [0.15, 0.2) is 194 Å². The van der Waals surface area contributed by atoms with Crippen molar-refractivity contribution in [3.63, 3.8) is 0 Å². The Labute approximate surface area is 329 Å². The molecule has 0 radical (unpaired) electrons. The zero-order chi connectivity index (χ0) is 37.9. The first-order valence-corrected chi connectivity index (χ1v) is 19.1. The minimum Gasteiger partial charge on any atom is -0.309 e. The average Bonchev–Trinajstić information content (AvgIpc) is 3.62. The van der Waals surface area contributed by atoms with Crippen LogP contribution in [0, 0.1) is 11.3 Å². The van der Waals surface area contributed by atoms with Crippen molar-refractivity contribution in [1.29, 1.82) is 5.26 Å². The van der Waals surface area contributed by atoms with Gasteiger partial charge in [0.1, 0.15) is 0 Å². The standard InChI is InChI=1S/C53H32N4/c54-33-34-20-22-44-45-23-21-35(30-53(45)57(52(44)26-34)39-12-2-1-3-13-39)46-31-48-43-17-7-5-15-41(43)47(32-49(48)42-16-6-4-14-40(42)46)36-27-37(50-18-8-10-24-55-50)29-38(28-36)51-19-9-11-25-56-51/h1-32H. The number of nitriles is 1. The Hall–Kier alpha value is -7.87. The lowest BCUT2D eigenvalue weighted by Gasteiger charge is -2.17. The highest BCUT2D eigenvalue weighted by Gasteiger charge is 2.19. The molecule has 57 heavy (non-hydrogen) atoms. The number of benzene rings is 8. The Morgan fingerprint density at radius 2 is 0.877 bits per heavy atom. The predicted molar refractivity (Wildman–Crippen MR) is 235 cm³/mol. The summed E-state index contributed by atoms with van der Waals surface area (Å²) in [6.45, 7) is 0. The second-order valence-corrected chi connectivity index (χ2v) is 14.5. The molecule has 264 valence electrons. The van der Waals surface area contributed by atoms with Gasteiger partial charge in [-0.3, -0.25) is 9.97 Å². The molecule has 3 heterocycles. The molecule has 3 aromatic heterocycles. The van der Waals surface area contributed by atoms with Gasteiger partial charge in [-0.15, -0.1) is 0 Å². The zero-order valence-electron chi connectivity index (χ0n) is 30.8. The van der Waals surface area contributed by atoms with Gasteiger partial charge in [0.2, 0.25) is 0 Å². The molecule has 8 aromatic carbocycles. The van der Waals surface area contributed by atoms with Gasteiger partial charge < -0.3 is 4.57 Å². The largest absolute Gasteiger partial charge is 0.309 e. The molecule has 4 heteroatoms. The van der Waals surface area contributed by atoms with Crippen molar-refractivity contribution in [3.8, 4) is 56.5 Å². The molecule has 0 fully saturated rings. The molecule has 0 N–H and O–H groups in total. The van der Waals surface area contributed by atoms with Crippen LogP contribution in [0.2, 0.25) is 0 Å². The van der Waals surface area contributed by atoms with E-state index in [2.05, 4.69) is 150 Å². The van der Waals surface area contributed by atoms with Gasteiger partial charge in [0.05, 0.1) is 34.1 Å². The van der Waals surface area contributed by atoms with E-state index < -0.39 is 0 Å². The van der Waals surface area contributed by atoms with E-state index in [0.29, 0.717) is 5.56 Å². The van der Waals surface area contributed by atoms with E-state index in [1.165, 1.54) is 37.9 Å². The van der Waals surface area contributed by atoms with E-state index in [-0.39, 0.29) is 0 Å². The molecule has 0 aliphatic heterocycles. The number of fused-ring (bicyclic) bond motifs is 8. The maximum absolute atomic E-state index is 9.83. The molecule has 0 saturated heterocycles. The Balaban J connectivity index is 1.18. The molecule has 11 aromatic rings. The second kappa shape index (κ2) is 13.2. The molecule has 0 aliphatic rings. The highest BCUT2D eigenvalue weighted by atomic mass is 15.0. The fourth-order valence-electron chi connectivity index (χ4n) is 8.69. The molecule has 4 nitrogen and oxygen atoms in total. The maximum Gasteiger partial charge on any atom is 0.0992 e. The van der Waals surface area contributed by atoms with Crippen LogP contribution >= 0.6 is 0 Å². The SMILES string of the molecule is N#Cc1ccc2c3ccc(-c4cc5c6ccccc6c(-c6cc(-c7ccccn7)cc(-c7ccccn7)c6)cc5c5ccccc45)cc3n(-c3ccccc3)c2c1. The molecule has 0 atom stereocenters. The topological polar surface area (TPSA) is 54.5 Å². The first kappa shape index (κ1) is 32.6. The Morgan fingerprint density at radius 1 is 0.368 bits per heavy atom. The lowest BCUT2D eigenvalue weighted by Crippen LogP contribution is -1.94. The monoisotopic (exact) mass is 724 g/mol. The summed E-state index contributed by atoms with van der Waals surface area (Å²) < 4.78 is 2.29. The van der Waals surface area contributed by atoms with Crippen LogP contribution in [0.3, 0.4) is 0 Å². The Morgan fingerprint density at radius 3 is 1.46 bits per heavy atom. The summed E-state index contributed by atoms with van der Waals surface area (Å²) in [7, 11) is 0. The third-order valence-corrected chi connectivity index (χ3v) is 11.3. The highest BCUT2D eigenvalue weighted by Crippen LogP contribution is 2.44. The van der Waals surface area contributed by atoms with Crippen LogP contribution in [0.25, 0.3) is 105 Å². The number of hydrogen-bond acceptors (Lipinski definition) is 3. The van der Waals surface area contributed by atoms with Gasteiger partial charge >= 0.3 is 0 Å². The second-order valence-electron chi connectivity index (χ2n) is 14.5. The Kier molecular flexibility index (Phi) is 7.52. The average molecular weight is 725 g/mol. The minimum atomic E-state index is 0.644. The quantitative estimate of drug-likeness (QED) is 0.166. The summed E-state index contributed by atoms with van der Waals surface area (Å²) in [5.41, 5.74) is 12.4. The molecule has 0 spiro atoms. The molecule has 11 rings (SSSR count). The summed E-state index contributed by atoms with van der Waals surface area (Å²) in [5.74, 6) is 0. The number of para-hydroxylation sites is 1. The van der Waals surface area contributed by atoms with E-state index >= 15 is 0 Å². The van der Waals surface area contributed by atoms with Crippen LogP contribution < -0.4 is 0 Å². The zero-order valence-corrected chi connectivity index (χ0v) is 30.8. The molecular formula is C53H32N4. The van der Waals surface area contributed by atoms with E-state index in [0.717, 1.165) is 66.7 Å². The minimum absolute atomic E-state index is 0.644. The summed E-state index contributed by atoms with van der Waals surface area (Å²) in [5, 5.41) is 19.3. The van der Waals surface area contributed by atoms with Gasteiger partial charge in [0.25, 0.3) is 0 Å². The van der Waals surface area contributed by atoms with Gasteiger partial charge in [-0.05, 0) is 140 Å². The molecule has 0 amide bonds. The number of hydrogen-bond donors (Lipinski definition) is 0. The number of nitrogens with zero attached hydrogens (tertiary/aromatic N) is 4. The molecule has 0 bridgehead atoms. The smallest absolute Gasteiger partial charge is 0.0992 e. The van der Waals surface area contributed by atoms with Crippen LogP contribution in [-0.4, -0.2) is 14.5 Å². The van der Waals surface area contributed by atoms with Crippen molar-refractivity contribution in [2.75, 3.05) is 0 Å². The molecule has 0 aliphatic carbocycles. The third kappa shape index (κ3) is 5.37. The number of rotatable bonds is 5. The van der Waals surface area contributed by atoms with Crippen molar-refractivity contribution in [2.45, 2.75) is 0 Å². The first-order chi connectivity index (χ1) is 28.2. The fraction of sp³-hybridized carbons (Fsp3) is 0. The normalized spacial score (nSPS) is 11.5. The number of pyridine rings is 2. The lowest BCUT2D eigenvalue weighted by atomic mass is 9.86. The van der Waals surface area contributed by atoms with Crippen molar-refractivity contribution >= 4 is 54.1 Å². The van der Waals surface area contributed by atoms with Gasteiger partial charge in [0.15, 0.2) is 0 Å². The van der Waals surface area contributed by atoms with E-state index in [4.69, 9.17) is 9.97 Å². The van der Waals surface area contributed by atoms with Crippen LogP contribution in [0.5, 0.6) is 0 Å². The molecule has 0 saturated carbocycles. The van der Waals surface area contributed by atoms with Gasteiger partial charge in [0, 0.05) is 40.0 Å². The van der Waals surface area contributed by atoms with Crippen molar-refractivity contribution in [2.24, 2.45) is 0 Å². The first-order valence-electron chi connectivity index (χ1n) is 19.1. The molecular weight excluding hydrogens is 693 g/mol. The maximum atomic E-state index is 9.83. The van der Waals surface area contributed by atoms with Crippen LogP contribution in [0.1, 0.15) is 5.56 Å². The van der Waals surface area contributed by atoms with Gasteiger partial charge in [-0.1, -0.05) is 97.1 Å². The van der Waals surface area contributed by atoms with E-state index in [1.54, 1.807) is 0 Å². The Bertz CT molecular complexity index is 3340. The fourth-order valence-corrected chi connectivity index (χ4v) is 8.69. The van der Waals surface area contributed by atoms with Crippen LogP contribution in [0.4, 0.5) is 0 Å². The summed E-state index contributed by atoms with van der Waals surface area (Å²) in [6.07, 6.45) is 3.70. The van der Waals surface area contributed by atoms with E-state index in [9.17, 15) is 5.26 Å². The van der Waals surface area contributed by atoms with E-state index in [1.807, 2.05) is 54.9 Å². The van der Waals surface area contributed by atoms with Crippen molar-refractivity contribution in [1.82, 2.24) is 14.5 Å². The summed E-state index contributed by atoms with van der Waals surface area (Å²) >= 11 is 0. The molecule has 0 unspecified atom stereocenters. The van der Waals surface area contributed by atoms with Gasteiger partial charge in [-0.25, -0.2) is 0 Å². The lowest BCUT2D eigenvalue weighted by molar-refractivity contribution is 1.18. The summed E-state index contributed by atoms with van der Waals surface area (Å²) in [4.78, 5) is 9.47. The van der Waals surface area contributed by atoms with Gasteiger partial charge in [-0.2, -0.15) is 5.26 Å². The summed E-state index contributed by atoms with van der Waals surface area (Å²) in [6, 6.07) is 66.7. The third-order valence-electron chi connectivity index (χ3n) is 11.3. The highest BCUT2D eigenvalue weighted by molar-refractivity contribution is 6.24. The number of aromatic nitrogens is 3. The van der Waals surface area contributed by atoms with Crippen molar-refractivity contribution < 1.29 is 0 Å². The van der Waals surface area contributed by atoms with Crippen molar-refractivity contribution in [3.05, 3.63) is 200 Å². The van der Waals surface area contributed by atoms with Crippen LogP contribution in [-0.2, 0) is 0 Å².